The molecule has 14 heavy (non-hydrogen) atoms. The summed E-state index contributed by atoms with van der Waals surface area (Å²) in [6.07, 6.45) is 4.68. The Kier molecular flexibility index (Phi) is 2.52. The van der Waals surface area contributed by atoms with Crippen LogP contribution in [0.5, 0.6) is 0 Å². The lowest BCUT2D eigenvalue weighted by molar-refractivity contribution is -0.119. The lowest BCUT2D eigenvalue weighted by atomic mass is 9.96. The van der Waals surface area contributed by atoms with Gasteiger partial charge in [0.25, 0.3) is 0 Å². The minimum absolute atomic E-state index is 0.00226. The predicted molar refractivity (Wildman–Crippen MR) is 52.8 cm³/mol. The number of aryl methyl sites for hydroxylation is 1. The number of rotatable bonds is 2. The maximum atomic E-state index is 10.8. The van der Waals surface area contributed by atoms with E-state index in [4.69, 9.17) is 0 Å². The van der Waals surface area contributed by atoms with Gasteiger partial charge in [0.1, 0.15) is 0 Å². The molecule has 4 nitrogen and oxygen atoms in total. The standard InChI is InChI=1S/C10H15N3O/c1-7(14)11-6-10-8-4-2-3-5-9(8)12-13-10/h2-6H2,1H3,(H,11,14)(H,12,13). The smallest absolute Gasteiger partial charge is 0.217 e. The van der Waals surface area contributed by atoms with Gasteiger partial charge in [0.2, 0.25) is 5.91 Å². The van der Waals surface area contributed by atoms with Gasteiger partial charge < -0.3 is 5.32 Å². The van der Waals surface area contributed by atoms with Crippen LogP contribution in [0.4, 0.5) is 0 Å². The fourth-order valence-electron chi connectivity index (χ4n) is 1.90. The third-order valence-electron chi connectivity index (χ3n) is 2.65. The van der Waals surface area contributed by atoms with Gasteiger partial charge in [0, 0.05) is 12.6 Å². The van der Waals surface area contributed by atoms with Gasteiger partial charge in [0.15, 0.2) is 0 Å². The highest BCUT2D eigenvalue weighted by Gasteiger charge is 2.16. The van der Waals surface area contributed by atoms with E-state index >= 15 is 0 Å². The molecule has 0 saturated carbocycles. The van der Waals surface area contributed by atoms with E-state index in [0.29, 0.717) is 6.54 Å². The number of fused-ring (bicyclic) bond motifs is 1. The number of carbonyl (C=O) groups is 1. The molecule has 4 heteroatoms. The van der Waals surface area contributed by atoms with Crippen LogP contribution in [0.15, 0.2) is 0 Å². The van der Waals surface area contributed by atoms with Crippen LogP contribution in [0.2, 0.25) is 0 Å². The monoisotopic (exact) mass is 193 g/mol. The first kappa shape index (κ1) is 9.24. The fraction of sp³-hybridized carbons (Fsp3) is 0.600. The maximum absolute atomic E-state index is 10.8. The second kappa shape index (κ2) is 3.82. The summed E-state index contributed by atoms with van der Waals surface area (Å²) < 4.78 is 0. The van der Waals surface area contributed by atoms with Crippen molar-refractivity contribution in [2.24, 2.45) is 0 Å². The largest absolute Gasteiger partial charge is 0.351 e. The minimum Gasteiger partial charge on any atom is -0.351 e. The number of aromatic nitrogens is 2. The van der Waals surface area contributed by atoms with Gasteiger partial charge in [-0.05, 0) is 31.2 Å². The Morgan fingerprint density at radius 1 is 1.50 bits per heavy atom. The van der Waals surface area contributed by atoms with Crippen molar-refractivity contribution in [2.45, 2.75) is 39.2 Å². The summed E-state index contributed by atoms with van der Waals surface area (Å²) in [5.74, 6) is -0.00226. The number of hydrogen-bond acceptors (Lipinski definition) is 2. The normalized spacial score (nSPS) is 14.9. The Hall–Kier alpha value is -1.32. The Morgan fingerprint density at radius 3 is 3.07 bits per heavy atom. The van der Waals surface area contributed by atoms with Crippen LogP contribution < -0.4 is 5.32 Å². The molecule has 0 saturated heterocycles. The molecule has 1 amide bonds. The van der Waals surface area contributed by atoms with Crippen LogP contribution in [0, 0.1) is 0 Å². The molecule has 0 aromatic carbocycles. The number of H-pyrrole nitrogens is 1. The van der Waals surface area contributed by atoms with E-state index in [-0.39, 0.29) is 5.91 Å². The second-order valence-electron chi connectivity index (χ2n) is 3.74. The van der Waals surface area contributed by atoms with Gasteiger partial charge in [-0.1, -0.05) is 0 Å². The van der Waals surface area contributed by atoms with Gasteiger partial charge >= 0.3 is 0 Å². The average Bonchev–Trinajstić information content (AvgIpc) is 2.58. The highest BCUT2D eigenvalue weighted by molar-refractivity contribution is 5.72. The number of nitrogens with zero attached hydrogens (tertiary/aromatic N) is 1. The first-order valence-corrected chi connectivity index (χ1v) is 5.07. The molecular formula is C10H15N3O. The van der Waals surface area contributed by atoms with Crippen LogP contribution in [-0.2, 0) is 24.2 Å². The van der Waals surface area contributed by atoms with Gasteiger partial charge in [0.05, 0.1) is 12.2 Å². The maximum Gasteiger partial charge on any atom is 0.217 e. The topological polar surface area (TPSA) is 57.8 Å². The zero-order valence-corrected chi connectivity index (χ0v) is 8.39. The minimum atomic E-state index is -0.00226. The molecule has 76 valence electrons. The fourth-order valence-corrected chi connectivity index (χ4v) is 1.90. The Labute approximate surface area is 83.1 Å². The van der Waals surface area contributed by atoms with E-state index in [2.05, 4.69) is 15.5 Å². The Bertz CT molecular complexity index is 343. The highest BCUT2D eigenvalue weighted by atomic mass is 16.1. The zero-order valence-electron chi connectivity index (χ0n) is 8.39. The van der Waals surface area contributed by atoms with Crippen molar-refractivity contribution in [3.8, 4) is 0 Å². The molecule has 1 heterocycles. The molecule has 0 spiro atoms. The molecular weight excluding hydrogens is 178 g/mol. The summed E-state index contributed by atoms with van der Waals surface area (Å²) in [5, 5.41) is 10.1. The first-order valence-electron chi connectivity index (χ1n) is 5.07. The number of hydrogen-bond donors (Lipinski definition) is 2. The third-order valence-corrected chi connectivity index (χ3v) is 2.65. The van der Waals surface area contributed by atoms with Gasteiger partial charge in [-0.3, -0.25) is 9.89 Å². The molecule has 1 aromatic rings. The highest BCUT2D eigenvalue weighted by Crippen LogP contribution is 2.21. The summed E-state index contributed by atoms with van der Waals surface area (Å²) in [7, 11) is 0. The number of aromatic amines is 1. The Morgan fingerprint density at radius 2 is 2.29 bits per heavy atom. The van der Waals surface area contributed by atoms with Crippen LogP contribution in [0.3, 0.4) is 0 Å². The molecule has 2 rings (SSSR count). The van der Waals surface area contributed by atoms with Crippen molar-refractivity contribution in [2.75, 3.05) is 0 Å². The molecule has 1 aromatic heterocycles. The van der Waals surface area contributed by atoms with Crippen LogP contribution in [0.25, 0.3) is 0 Å². The van der Waals surface area contributed by atoms with Gasteiger partial charge in [-0.25, -0.2) is 0 Å². The number of nitrogens with one attached hydrogen (secondary N) is 2. The molecule has 2 N–H and O–H groups in total. The molecule has 1 aliphatic carbocycles. The van der Waals surface area contributed by atoms with E-state index in [9.17, 15) is 4.79 Å². The third kappa shape index (κ3) is 1.78. The summed E-state index contributed by atoms with van der Waals surface area (Å²) in [4.78, 5) is 10.8. The summed E-state index contributed by atoms with van der Waals surface area (Å²) in [6.45, 7) is 2.08. The summed E-state index contributed by atoms with van der Waals surface area (Å²) >= 11 is 0. The summed E-state index contributed by atoms with van der Waals surface area (Å²) in [5.41, 5.74) is 3.59. The van der Waals surface area contributed by atoms with Crippen molar-refractivity contribution >= 4 is 5.91 Å². The van der Waals surface area contributed by atoms with Crippen LogP contribution in [0.1, 0.15) is 36.7 Å². The summed E-state index contributed by atoms with van der Waals surface area (Å²) in [6, 6.07) is 0. The van der Waals surface area contributed by atoms with Crippen molar-refractivity contribution in [3.05, 3.63) is 17.0 Å². The molecule has 0 unspecified atom stereocenters. The molecule has 1 aliphatic rings. The quantitative estimate of drug-likeness (QED) is 0.734. The van der Waals surface area contributed by atoms with E-state index in [1.165, 1.54) is 31.0 Å². The molecule has 0 atom stereocenters. The molecule has 0 fully saturated rings. The lowest BCUT2D eigenvalue weighted by Gasteiger charge is -2.10. The zero-order chi connectivity index (χ0) is 9.97. The molecule has 0 aliphatic heterocycles. The predicted octanol–water partition coefficient (Wildman–Crippen LogP) is 0.925. The SMILES string of the molecule is CC(=O)NCc1n[nH]c2c1CCCC2. The number of amides is 1. The first-order chi connectivity index (χ1) is 6.77. The van der Waals surface area contributed by atoms with Crippen LogP contribution >= 0.6 is 0 Å². The molecule has 0 radical (unpaired) electrons. The number of carbonyl (C=O) groups excluding carboxylic acids is 1. The van der Waals surface area contributed by atoms with Crippen molar-refractivity contribution < 1.29 is 4.79 Å². The Balaban J connectivity index is 2.10. The second-order valence-corrected chi connectivity index (χ2v) is 3.74. The average molecular weight is 193 g/mol. The van der Waals surface area contributed by atoms with Crippen molar-refractivity contribution in [1.29, 1.82) is 0 Å². The van der Waals surface area contributed by atoms with Crippen molar-refractivity contribution in [1.82, 2.24) is 15.5 Å². The van der Waals surface area contributed by atoms with Gasteiger partial charge in [-0.2, -0.15) is 5.10 Å². The van der Waals surface area contributed by atoms with Crippen LogP contribution in [-0.4, -0.2) is 16.1 Å². The van der Waals surface area contributed by atoms with Gasteiger partial charge in [-0.15, -0.1) is 0 Å². The van der Waals surface area contributed by atoms with E-state index in [1.807, 2.05) is 0 Å². The van der Waals surface area contributed by atoms with Crippen molar-refractivity contribution in [3.63, 3.8) is 0 Å². The van der Waals surface area contributed by atoms with E-state index in [1.54, 1.807) is 0 Å². The van der Waals surface area contributed by atoms with E-state index in [0.717, 1.165) is 18.5 Å². The lowest BCUT2D eigenvalue weighted by Crippen LogP contribution is -2.20. The van der Waals surface area contributed by atoms with E-state index < -0.39 is 0 Å². The molecule has 0 bridgehead atoms.